The zero-order valence-corrected chi connectivity index (χ0v) is 18.8. The molecule has 6 nitrogen and oxygen atoms in total. The molecule has 0 aliphatic heterocycles. The number of rotatable bonds is 8. The molecule has 0 aromatic heterocycles. The lowest BCUT2D eigenvalue weighted by molar-refractivity contribution is -0.121. The Balaban J connectivity index is 2.05. The second kappa shape index (κ2) is 9.31. The van der Waals surface area contributed by atoms with E-state index in [-0.39, 0.29) is 12.5 Å². The van der Waals surface area contributed by atoms with Gasteiger partial charge < -0.3 is 10.1 Å². The molecule has 0 radical (unpaired) electrons. The molecule has 2 aromatic carbocycles. The van der Waals surface area contributed by atoms with Gasteiger partial charge in [0, 0.05) is 0 Å². The number of anilines is 1. The van der Waals surface area contributed by atoms with Crippen molar-refractivity contribution in [3.63, 3.8) is 0 Å². The number of carbonyl (C=O) groups is 1. The molecule has 0 aliphatic rings. The summed E-state index contributed by atoms with van der Waals surface area (Å²) in [6.07, 6.45) is 1.11. The lowest BCUT2D eigenvalue weighted by Crippen LogP contribution is -2.48. The van der Waals surface area contributed by atoms with Crippen LogP contribution in [0.15, 0.2) is 36.4 Å². The Bertz CT molecular complexity index is 966. The zero-order valence-electron chi connectivity index (χ0n) is 17.9. The van der Waals surface area contributed by atoms with Gasteiger partial charge in [0.25, 0.3) is 0 Å². The first-order valence-electron chi connectivity index (χ1n) is 9.54. The van der Waals surface area contributed by atoms with Crippen LogP contribution >= 0.6 is 0 Å². The van der Waals surface area contributed by atoms with Crippen LogP contribution in [0.4, 0.5) is 5.69 Å². The molecule has 1 amide bonds. The Hall–Kier alpha value is -2.54. The predicted molar refractivity (Wildman–Crippen MR) is 117 cm³/mol. The summed E-state index contributed by atoms with van der Waals surface area (Å²) in [5.74, 6) is 0.402. The summed E-state index contributed by atoms with van der Waals surface area (Å²) in [5.41, 5.74) is 4.47. The molecule has 0 saturated heterocycles. The van der Waals surface area contributed by atoms with Crippen LogP contribution < -0.4 is 14.4 Å². The average Bonchev–Trinajstić information content (AvgIpc) is 2.59. The highest BCUT2D eigenvalue weighted by Gasteiger charge is 2.29. The van der Waals surface area contributed by atoms with Crippen molar-refractivity contribution in [1.82, 2.24) is 5.32 Å². The van der Waals surface area contributed by atoms with Crippen molar-refractivity contribution in [3.05, 3.63) is 58.7 Å². The highest BCUT2D eigenvalue weighted by atomic mass is 32.2. The molecule has 2 rings (SSSR count). The second-order valence-electron chi connectivity index (χ2n) is 7.49. The molecule has 0 heterocycles. The zero-order chi connectivity index (χ0) is 21.8. The summed E-state index contributed by atoms with van der Waals surface area (Å²) in [6, 6.07) is 10.6. The molecule has 158 valence electrons. The van der Waals surface area contributed by atoms with E-state index < -0.39 is 16.1 Å². The van der Waals surface area contributed by atoms with Gasteiger partial charge in [0.05, 0.1) is 18.5 Å². The number of ether oxygens (including phenoxy) is 1. The summed E-state index contributed by atoms with van der Waals surface area (Å²) < 4.78 is 31.7. The van der Waals surface area contributed by atoms with E-state index in [9.17, 15) is 13.2 Å². The Morgan fingerprint density at radius 1 is 1.03 bits per heavy atom. The third-order valence-electron chi connectivity index (χ3n) is 4.55. The lowest BCUT2D eigenvalue weighted by atomic mass is 10.1. The molecule has 0 spiro atoms. The maximum absolute atomic E-state index is 12.6. The average molecular weight is 419 g/mol. The number of nitrogens with zero attached hydrogens (tertiary/aromatic N) is 1. The maximum atomic E-state index is 12.6. The fraction of sp³-hybridized carbons (Fsp3) is 0.409. The van der Waals surface area contributed by atoms with Gasteiger partial charge in [0.2, 0.25) is 15.9 Å². The Kier molecular flexibility index (Phi) is 7.30. The number of benzene rings is 2. The summed E-state index contributed by atoms with van der Waals surface area (Å²) in [6.45, 7) is 9.90. The van der Waals surface area contributed by atoms with Crippen molar-refractivity contribution >= 4 is 21.6 Å². The number of hydrogen-bond donors (Lipinski definition) is 1. The van der Waals surface area contributed by atoms with Crippen molar-refractivity contribution in [2.75, 3.05) is 23.7 Å². The Labute approximate surface area is 173 Å². The Morgan fingerprint density at radius 2 is 1.66 bits per heavy atom. The molecule has 0 bridgehead atoms. The van der Waals surface area contributed by atoms with Gasteiger partial charge in [-0.25, -0.2) is 8.42 Å². The van der Waals surface area contributed by atoms with Crippen LogP contribution in [0.3, 0.4) is 0 Å². The van der Waals surface area contributed by atoms with Crippen LogP contribution in [0.2, 0.25) is 0 Å². The van der Waals surface area contributed by atoms with Crippen LogP contribution in [0.5, 0.6) is 5.75 Å². The standard InChI is InChI=1S/C22H30N2O4S/c1-15-7-8-18(4)21(14-15)28-10-9-23-22(25)19(5)24(29(6,26)27)20-12-16(2)11-17(3)13-20/h7-8,11-14,19H,9-10H2,1-6H3,(H,23,25). The third-order valence-corrected chi connectivity index (χ3v) is 5.79. The van der Waals surface area contributed by atoms with Crippen molar-refractivity contribution in [3.8, 4) is 5.75 Å². The van der Waals surface area contributed by atoms with E-state index in [4.69, 9.17) is 4.74 Å². The SMILES string of the molecule is Cc1cc(C)cc(N(C(C)C(=O)NCCOc2cc(C)ccc2C)S(C)(=O)=O)c1. The van der Waals surface area contributed by atoms with Gasteiger partial charge >= 0.3 is 0 Å². The van der Waals surface area contributed by atoms with E-state index in [0.29, 0.717) is 12.3 Å². The quantitative estimate of drug-likeness (QED) is 0.668. The fourth-order valence-electron chi connectivity index (χ4n) is 3.23. The smallest absolute Gasteiger partial charge is 0.243 e. The minimum absolute atomic E-state index is 0.279. The van der Waals surface area contributed by atoms with E-state index in [1.54, 1.807) is 19.1 Å². The van der Waals surface area contributed by atoms with Crippen molar-refractivity contribution < 1.29 is 17.9 Å². The van der Waals surface area contributed by atoms with Gasteiger partial charge in [-0.2, -0.15) is 0 Å². The van der Waals surface area contributed by atoms with Crippen molar-refractivity contribution in [1.29, 1.82) is 0 Å². The summed E-state index contributed by atoms with van der Waals surface area (Å²) >= 11 is 0. The highest BCUT2D eigenvalue weighted by molar-refractivity contribution is 7.92. The molecular formula is C22H30N2O4S. The summed E-state index contributed by atoms with van der Waals surface area (Å²) in [4.78, 5) is 12.6. The molecule has 0 saturated carbocycles. The molecular weight excluding hydrogens is 388 g/mol. The number of sulfonamides is 1. The van der Waals surface area contributed by atoms with Crippen molar-refractivity contribution in [2.24, 2.45) is 0 Å². The van der Waals surface area contributed by atoms with E-state index in [0.717, 1.165) is 38.6 Å². The van der Waals surface area contributed by atoms with Crippen LogP contribution in [-0.4, -0.2) is 39.8 Å². The monoisotopic (exact) mass is 418 g/mol. The first-order chi connectivity index (χ1) is 13.5. The second-order valence-corrected chi connectivity index (χ2v) is 9.35. The van der Waals surface area contributed by atoms with E-state index in [2.05, 4.69) is 5.32 Å². The van der Waals surface area contributed by atoms with Crippen LogP contribution in [-0.2, 0) is 14.8 Å². The lowest BCUT2D eigenvalue weighted by Gasteiger charge is -2.28. The Morgan fingerprint density at radius 3 is 2.24 bits per heavy atom. The first-order valence-corrected chi connectivity index (χ1v) is 11.4. The molecule has 0 aliphatic carbocycles. The topological polar surface area (TPSA) is 75.7 Å². The van der Waals surface area contributed by atoms with Gasteiger partial charge in [-0.1, -0.05) is 18.2 Å². The first kappa shape index (κ1) is 22.7. The largest absolute Gasteiger partial charge is 0.491 e. The highest BCUT2D eigenvalue weighted by Crippen LogP contribution is 2.24. The number of aryl methyl sites for hydroxylation is 4. The normalized spacial score (nSPS) is 12.3. The van der Waals surface area contributed by atoms with Gasteiger partial charge in [0.15, 0.2) is 0 Å². The van der Waals surface area contributed by atoms with Gasteiger partial charge in [-0.05, 0) is 75.1 Å². The van der Waals surface area contributed by atoms with Crippen molar-refractivity contribution in [2.45, 2.75) is 40.7 Å². The van der Waals surface area contributed by atoms with Gasteiger partial charge in [-0.15, -0.1) is 0 Å². The number of carbonyl (C=O) groups excluding carboxylic acids is 1. The molecule has 1 N–H and O–H groups in total. The molecule has 1 atom stereocenters. The minimum Gasteiger partial charge on any atom is -0.491 e. The predicted octanol–water partition coefficient (Wildman–Crippen LogP) is 3.27. The van der Waals surface area contributed by atoms with E-state index in [1.165, 1.54) is 0 Å². The minimum atomic E-state index is -3.64. The van der Waals surface area contributed by atoms with Gasteiger partial charge in [0.1, 0.15) is 18.4 Å². The maximum Gasteiger partial charge on any atom is 0.243 e. The van der Waals surface area contributed by atoms with E-state index >= 15 is 0 Å². The molecule has 0 fully saturated rings. The van der Waals surface area contributed by atoms with Crippen LogP contribution in [0.25, 0.3) is 0 Å². The number of hydrogen-bond acceptors (Lipinski definition) is 4. The number of nitrogens with one attached hydrogen (secondary N) is 1. The third kappa shape index (κ3) is 6.22. The molecule has 1 unspecified atom stereocenters. The molecule has 29 heavy (non-hydrogen) atoms. The van der Waals surface area contributed by atoms with Crippen LogP contribution in [0.1, 0.15) is 29.2 Å². The van der Waals surface area contributed by atoms with Crippen LogP contribution in [0, 0.1) is 27.7 Å². The summed E-state index contributed by atoms with van der Waals surface area (Å²) in [7, 11) is -3.64. The molecule has 7 heteroatoms. The number of amides is 1. The summed E-state index contributed by atoms with van der Waals surface area (Å²) in [5, 5.41) is 2.77. The van der Waals surface area contributed by atoms with E-state index in [1.807, 2.05) is 52.0 Å². The fourth-order valence-corrected chi connectivity index (χ4v) is 4.39. The van der Waals surface area contributed by atoms with Gasteiger partial charge in [-0.3, -0.25) is 9.10 Å². The molecule has 2 aromatic rings.